The van der Waals surface area contributed by atoms with Crippen LogP contribution in [0.15, 0.2) is 6.33 Å². The molecule has 0 saturated carbocycles. The first-order chi connectivity index (χ1) is 6.13. The number of aromatic amines is 1. The molecule has 1 aromatic rings. The van der Waals surface area contributed by atoms with E-state index >= 15 is 0 Å². The smallest absolute Gasteiger partial charge is 0.330 e. The van der Waals surface area contributed by atoms with Crippen molar-refractivity contribution in [2.45, 2.75) is 6.17 Å². The molecule has 0 spiro atoms. The molecule has 0 aliphatic carbocycles. The van der Waals surface area contributed by atoms with Gasteiger partial charge in [0.15, 0.2) is 5.82 Å². The molecule has 1 atom stereocenters. The summed E-state index contributed by atoms with van der Waals surface area (Å²) >= 11 is 0. The third-order valence-electron chi connectivity index (χ3n) is 2.35. The number of fused-ring (bicyclic) bond motifs is 1. The molecule has 0 saturated heterocycles. The highest BCUT2D eigenvalue weighted by atomic mass is 16.2. The molecule has 1 aliphatic rings. The average molecular weight is 182 g/mol. The van der Waals surface area contributed by atoms with Crippen molar-refractivity contribution in [3.63, 3.8) is 0 Å². The quantitative estimate of drug-likeness (QED) is 0.548. The van der Waals surface area contributed by atoms with Gasteiger partial charge >= 0.3 is 6.03 Å². The minimum absolute atomic E-state index is 0.0837. The Hall–Kier alpha value is -1.56. The number of amides is 2. The predicted molar refractivity (Wildman–Crippen MR) is 45.8 cm³/mol. The number of quaternary nitrogens is 1. The number of nitrogens with one attached hydrogen (secondary N) is 1. The third-order valence-corrected chi connectivity index (χ3v) is 2.35. The fraction of sp³-hybridized carbons (Fsp3) is 0.429. The van der Waals surface area contributed by atoms with Crippen molar-refractivity contribution in [3.05, 3.63) is 12.0 Å². The molecule has 2 heterocycles. The second-order valence-electron chi connectivity index (χ2n) is 3.11. The molecule has 2 amide bonds. The van der Waals surface area contributed by atoms with E-state index < -0.39 is 0 Å². The number of anilines is 1. The number of rotatable bonds is 0. The first-order valence-corrected chi connectivity index (χ1v) is 3.99. The molecule has 1 unspecified atom stereocenters. The Labute approximate surface area is 75.3 Å². The summed E-state index contributed by atoms with van der Waals surface area (Å²) in [5, 5.41) is 0. The van der Waals surface area contributed by atoms with Crippen LogP contribution in [0.3, 0.4) is 0 Å². The maximum Gasteiger partial charge on any atom is 0.330 e. The van der Waals surface area contributed by atoms with E-state index in [0.717, 1.165) is 5.69 Å². The molecule has 70 valence electrons. The van der Waals surface area contributed by atoms with E-state index in [2.05, 4.69) is 15.7 Å². The highest BCUT2D eigenvalue weighted by Gasteiger charge is 2.35. The van der Waals surface area contributed by atoms with Gasteiger partial charge in [0, 0.05) is 14.1 Å². The summed E-state index contributed by atoms with van der Waals surface area (Å²) in [5.74, 6) is 0.670. The Kier molecular flexibility index (Phi) is 1.53. The monoisotopic (exact) mass is 182 g/mol. The van der Waals surface area contributed by atoms with Gasteiger partial charge in [0.25, 0.3) is 0 Å². The first-order valence-electron chi connectivity index (χ1n) is 3.99. The molecule has 6 heteroatoms. The van der Waals surface area contributed by atoms with Crippen molar-refractivity contribution in [1.82, 2.24) is 14.9 Å². The highest BCUT2D eigenvalue weighted by Crippen LogP contribution is 2.27. The molecular weight excluding hydrogens is 170 g/mol. The molecular formula is C7H12N5O+. The summed E-state index contributed by atoms with van der Waals surface area (Å²) in [5.41, 5.74) is 4.76. The van der Waals surface area contributed by atoms with E-state index in [1.807, 2.05) is 0 Å². The lowest BCUT2D eigenvalue weighted by atomic mass is 10.2. The molecule has 13 heavy (non-hydrogen) atoms. The van der Waals surface area contributed by atoms with Crippen LogP contribution < -0.4 is 10.6 Å². The van der Waals surface area contributed by atoms with E-state index in [1.54, 1.807) is 25.3 Å². The number of H-pyrrole nitrogens is 1. The highest BCUT2D eigenvalue weighted by molar-refractivity contribution is 5.92. The van der Waals surface area contributed by atoms with Gasteiger partial charge in [-0.05, 0) is 0 Å². The maximum absolute atomic E-state index is 11.6. The fourth-order valence-electron chi connectivity index (χ4n) is 1.46. The van der Waals surface area contributed by atoms with E-state index in [0.29, 0.717) is 5.82 Å². The topological polar surface area (TPSA) is 79.9 Å². The standard InChI is InChI=1S/C7H11N5O/c1-11-5(8)4-6(10-3-9-4)12(2)7(11)13/h3,5H,8H2,1-2H3,(H,9,10)/p+1. The summed E-state index contributed by atoms with van der Waals surface area (Å²) in [7, 11) is 3.42. The Bertz CT molecular complexity index is 346. The average Bonchev–Trinajstić information content (AvgIpc) is 2.59. The van der Waals surface area contributed by atoms with Crippen LogP contribution in [0.5, 0.6) is 0 Å². The van der Waals surface area contributed by atoms with Crippen LogP contribution in [-0.2, 0) is 0 Å². The van der Waals surface area contributed by atoms with Crippen LogP contribution in [0, 0.1) is 0 Å². The molecule has 2 rings (SSSR count). The number of imidazole rings is 1. The number of hydrogen-bond acceptors (Lipinski definition) is 2. The maximum atomic E-state index is 11.6. The molecule has 0 bridgehead atoms. The van der Waals surface area contributed by atoms with E-state index in [4.69, 9.17) is 0 Å². The van der Waals surface area contributed by atoms with Crippen molar-refractivity contribution in [1.29, 1.82) is 0 Å². The Balaban J connectivity index is 2.52. The molecule has 1 aliphatic heterocycles. The van der Waals surface area contributed by atoms with Gasteiger partial charge in [-0.15, -0.1) is 0 Å². The van der Waals surface area contributed by atoms with Gasteiger partial charge in [-0.3, -0.25) is 9.80 Å². The number of carbonyl (C=O) groups excluding carboxylic acids is 1. The Morgan fingerprint density at radius 3 is 3.00 bits per heavy atom. The van der Waals surface area contributed by atoms with Gasteiger partial charge in [-0.1, -0.05) is 0 Å². The summed E-state index contributed by atoms with van der Waals surface area (Å²) in [6.07, 6.45) is 1.40. The molecule has 0 aromatic carbocycles. The summed E-state index contributed by atoms with van der Waals surface area (Å²) < 4.78 is 0. The van der Waals surface area contributed by atoms with Crippen LogP contribution in [-0.4, -0.2) is 35.0 Å². The fourth-order valence-corrected chi connectivity index (χ4v) is 1.46. The Morgan fingerprint density at radius 2 is 2.31 bits per heavy atom. The van der Waals surface area contributed by atoms with E-state index in [9.17, 15) is 4.79 Å². The van der Waals surface area contributed by atoms with Crippen LogP contribution in [0.25, 0.3) is 0 Å². The second kappa shape index (κ2) is 2.46. The SMILES string of the molecule is CN1C(=O)N(C)C([NH3+])c2[nH]cnc21. The molecule has 0 fully saturated rings. The summed E-state index contributed by atoms with van der Waals surface area (Å²) in [6, 6.07) is -0.0837. The zero-order valence-corrected chi connectivity index (χ0v) is 7.61. The summed E-state index contributed by atoms with van der Waals surface area (Å²) in [4.78, 5) is 21.7. The lowest BCUT2D eigenvalue weighted by molar-refractivity contribution is -0.457. The van der Waals surface area contributed by atoms with Crippen molar-refractivity contribution >= 4 is 11.8 Å². The van der Waals surface area contributed by atoms with Crippen LogP contribution >= 0.6 is 0 Å². The Morgan fingerprint density at radius 1 is 1.62 bits per heavy atom. The number of hydrogen-bond donors (Lipinski definition) is 2. The lowest BCUT2D eigenvalue weighted by Gasteiger charge is -2.31. The minimum atomic E-state index is -0.179. The lowest BCUT2D eigenvalue weighted by Crippen LogP contribution is -2.65. The second-order valence-corrected chi connectivity index (χ2v) is 3.11. The molecule has 6 nitrogen and oxygen atoms in total. The van der Waals surface area contributed by atoms with Crippen LogP contribution in [0.2, 0.25) is 0 Å². The number of carbonyl (C=O) groups is 1. The largest absolute Gasteiger partial charge is 0.340 e. The zero-order valence-electron chi connectivity index (χ0n) is 7.61. The van der Waals surface area contributed by atoms with Crippen molar-refractivity contribution < 1.29 is 10.5 Å². The first kappa shape index (κ1) is 8.06. The van der Waals surface area contributed by atoms with E-state index in [-0.39, 0.29) is 12.2 Å². The minimum Gasteiger partial charge on any atom is -0.340 e. The van der Waals surface area contributed by atoms with Crippen molar-refractivity contribution in [2.24, 2.45) is 0 Å². The van der Waals surface area contributed by atoms with Crippen molar-refractivity contribution in [2.75, 3.05) is 19.0 Å². The van der Waals surface area contributed by atoms with E-state index in [1.165, 1.54) is 4.90 Å². The zero-order chi connectivity index (χ0) is 9.59. The number of urea groups is 1. The van der Waals surface area contributed by atoms with Gasteiger partial charge in [-0.2, -0.15) is 0 Å². The van der Waals surface area contributed by atoms with Crippen molar-refractivity contribution in [3.8, 4) is 0 Å². The van der Waals surface area contributed by atoms with Crippen LogP contribution in [0.4, 0.5) is 10.6 Å². The van der Waals surface area contributed by atoms with Gasteiger partial charge in [-0.25, -0.2) is 9.78 Å². The van der Waals surface area contributed by atoms with Gasteiger partial charge < -0.3 is 10.7 Å². The van der Waals surface area contributed by atoms with Crippen LogP contribution in [0.1, 0.15) is 11.9 Å². The normalized spacial score (nSPS) is 22.1. The number of aromatic nitrogens is 2. The third kappa shape index (κ3) is 0.919. The number of nitrogens with zero attached hydrogens (tertiary/aromatic N) is 3. The molecule has 1 aromatic heterocycles. The summed E-state index contributed by atoms with van der Waals surface area (Å²) in [6.45, 7) is 0. The predicted octanol–water partition coefficient (Wildman–Crippen LogP) is -0.848. The molecule has 0 radical (unpaired) electrons. The van der Waals surface area contributed by atoms with Gasteiger partial charge in [0.1, 0.15) is 5.69 Å². The van der Waals surface area contributed by atoms with Gasteiger partial charge in [0.05, 0.1) is 6.33 Å². The molecule has 4 N–H and O–H groups in total. The van der Waals surface area contributed by atoms with Gasteiger partial charge in [0.2, 0.25) is 6.17 Å².